The first kappa shape index (κ1) is 21.1. The Kier molecular flexibility index (Phi) is 5.40. The number of nitrogens with zero attached hydrogens (tertiary/aromatic N) is 2. The lowest BCUT2D eigenvalue weighted by atomic mass is 10.1. The minimum atomic E-state index is 0.616. The minimum Gasteiger partial charge on any atom is -0.436 e. The van der Waals surface area contributed by atoms with Gasteiger partial charge in [0.15, 0.2) is 11.2 Å². The van der Waals surface area contributed by atoms with Gasteiger partial charge < -0.3 is 8.83 Å². The lowest BCUT2D eigenvalue weighted by Gasteiger charge is -1.99. The quantitative estimate of drug-likeness (QED) is 0.198. The van der Waals surface area contributed by atoms with Gasteiger partial charge >= 0.3 is 0 Å². The van der Waals surface area contributed by atoms with Crippen LogP contribution >= 0.6 is 31.9 Å². The van der Waals surface area contributed by atoms with E-state index in [-0.39, 0.29) is 0 Å². The van der Waals surface area contributed by atoms with Gasteiger partial charge in [0.05, 0.1) is 0 Å². The van der Waals surface area contributed by atoms with Crippen LogP contribution < -0.4 is 0 Å². The second kappa shape index (κ2) is 8.70. The molecule has 0 saturated carbocycles. The lowest BCUT2D eigenvalue weighted by Crippen LogP contribution is -1.79. The van der Waals surface area contributed by atoms with Crippen LogP contribution in [0.1, 0.15) is 11.1 Å². The van der Waals surface area contributed by atoms with E-state index in [1.54, 1.807) is 0 Å². The third kappa shape index (κ3) is 4.22. The summed E-state index contributed by atoms with van der Waals surface area (Å²) in [5, 5.41) is 0. The van der Waals surface area contributed by atoms with Crippen molar-refractivity contribution in [2.24, 2.45) is 0 Å². The van der Waals surface area contributed by atoms with Crippen LogP contribution in [0.15, 0.2) is 103 Å². The van der Waals surface area contributed by atoms with E-state index in [4.69, 9.17) is 8.83 Å². The van der Waals surface area contributed by atoms with Gasteiger partial charge in [0.25, 0.3) is 0 Å². The summed E-state index contributed by atoms with van der Waals surface area (Å²) < 4.78 is 13.7. The van der Waals surface area contributed by atoms with Gasteiger partial charge in [-0.15, -0.1) is 0 Å². The number of hydrogen-bond acceptors (Lipinski definition) is 4. The van der Waals surface area contributed by atoms with Gasteiger partial charge in [0.2, 0.25) is 11.8 Å². The Bertz CT molecular complexity index is 1540. The standard InChI is InChI=1S/C28H16Br2N2O2/c29-21-11-13-25-23(15-21)31-27(33-25)19-7-3-17(4-8-19)1-2-18-5-9-20(10-6-18)28-32-24-16-22(30)12-14-26(24)34-28/h1-16H. The molecule has 6 rings (SSSR count). The molecule has 4 aromatic carbocycles. The summed E-state index contributed by atoms with van der Waals surface area (Å²) >= 11 is 6.94. The molecule has 6 aromatic rings. The van der Waals surface area contributed by atoms with Crippen LogP contribution in [0.2, 0.25) is 0 Å². The maximum atomic E-state index is 5.89. The molecule has 2 aromatic heterocycles. The summed E-state index contributed by atoms with van der Waals surface area (Å²) in [6, 6.07) is 28.0. The van der Waals surface area contributed by atoms with E-state index in [1.807, 2.05) is 60.7 Å². The highest BCUT2D eigenvalue weighted by molar-refractivity contribution is 9.10. The molecule has 0 saturated heterocycles. The molecular formula is C28H16Br2N2O2. The van der Waals surface area contributed by atoms with Gasteiger partial charge in [-0.3, -0.25) is 0 Å². The van der Waals surface area contributed by atoms with Crippen LogP contribution in [0.3, 0.4) is 0 Å². The molecule has 0 bridgehead atoms. The van der Waals surface area contributed by atoms with Gasteiger partial charge in [-0.05, 0) is 71.8 Å². The van der Waals surface area contributed by atoms with Gasteiger partial charge in [0, 0.05) is 20.1 Å². The summed E-state index contributed by atoms with van der Waals surface area (Å²) in [6.45, 7) is 0. The highest BCUT2D eigenvalue weighted by atomic mass is 79.9. The predicted octanol–water partition coefficient (Wildman–Crippen LogP) is 9.00. The zero-order valence-electron chi connectivity index (χ0n) is 17.7. The van der Waals surface area contributed by atoms with E-state index in [2.05, 4.69) is 78.2 Å². The van der Waals surface area contributed by atoms with Crippen LogP contribution in [0, 0.1) is 0 Å². The summed E-state index contributed by atoms with van der Waals surface area (Å²) in [5.74, 6) is 1.23. The van der Waals surface area contributed by atoms with Crippen LogP contribution in [0.5, 0.6) is 0 Å². The van der Waals surface area contributed by atoms with E-state index in [9.17, 15) is 0 Å². The maximum Gasteiger partial charge on any atom is 0.227 e. The van der Waals surface area contributed by atoms with E-state index < -0.39 is 0 Å². The predicted molar refractivity (Wildman–Crippen MR) is 143 cm³/mol. The SMILES string of the molecule is Brc1ccc2oc(-c3ccc(C=Cc4ccc(-c5nc6cc(Br)ccc6o5)cc4)cc3)nc2c1. The van der Waals surface area contributed by atoms with Crippen LogP contribution in [0.25, 0.3) is 57.3 Å². The van der Waals surface area contributed by atoms with Crippen molar-refractivity contribution in [3.63, 3.8) is 0 Å². The topological polar surface area (TPSA) is 52.1 Å². The molecule has 4 nitrogen and oxygen atoms in total. The molecule has 6 heteroatoms. The molecule has 2 heterocycles. The zero-order chi connectivity index (χ0) is 23.1. The van der Waals surface area contributed by atoms with E-state index >= 15 is 0 Å². The zero-order valence-corrected chi connectivity index (χ0v) is 20.9. The second-order valence-corrected chi connectivity index (χ2v) is 9.67. The summed E-state index contributed by atoms with van der Waals surface area (Å²) in [6.07, 6.45) is 4.16. The van der Waals surface area contributed by atoms with Crippen molar-refractivity contribution < 1.29 is 8.83 Å². The fraction of sp³-hybridized carbons (Fsp3) is 0. The molecule has 0 spiro atoms. The average Bonchev–Trinajstić information content (AvgIpc) is 3.47. The molecule has 0 aliphatic carbocycles. The Morgan fingerprint density at radius 1 is 0.529 bits per heavy atom. The normalized spacial score (nSPS) is 11.7. The van der Waals surface area contributed by atoms with Crippen molar-refractivity contribution >= 4 is 66.2 Å². The van der Waals surface area contributed by atoms with Crippen molar-refractivity contribution in [1.82, 2.24) is 9.97 Å². The van der Waals surface area contributed by atoms with Crippen molar-refractivity contribution in [2.75, 3.05) is 0 Å². The molecule has 0 aliphatic heterocycles. The lowest BCUT2D eigenvalue weighted by molar-refractivity contribution is 0.619. The number of oxazole rings is 2. The molecule has 164 valence electrons. The minimum absolute atomic E-state index is 0.616. The fourth-order valence-corrected chi connectivity index (χ4v) is 4.41. The van der Waals surface area contributed by atoms with Crippen LogP contribution in [0.4, 0.5) is 0 Å². The molecule has 0 amide bonds. The third-order valence-corrected chi connectivity index (χ3v) is 6.47. The largest absolute Gasteiger partial charge is 0.436 e. The molecule has 0 unspecified atom stereocenters. The first-order valence-corrected chi connectivity index (χ1v) is 12.2. The third-order valence-electron chi connectivity index (χ3n) is 5.48. The monoisotopic (exact) mass is 570 g/mol. The highest BCUT2D eigenvalue weighted by Gasteiger charge is 2.09. The van der Waals surface area contributed by atoms with Gasteiger partial charge in [-0.25, -0.2) is 9.97 Å². The Balaban J connectivity index is 1.18. The Morgan fingerprint density at radius 2 is 0.941 bits per heavy atom. The van der Waals surface area contributed by atoms with Crippen LogP contribution in [-0.2, 0) is 0 Å². The fourth-order valence-electron chi connectivity index (χ4n) is 3.71. The molecule has 0 atom stereocenters. The summed E-state index contributed by atoms with van der Waals surface area (Å²) in [4.78, 5) is 9.18. The van der Waals surface area contributed by atoms with Crippen LogP contribution in [-0.4, -0.2) is 9.97 Å². The molecular weight excluding hydrogens is 556 g/mol. The maximum absolute atomic E-state index is 5.89. The molecule has 0 fully saturated rings. The molecule has 0 N–H and O–H groups in total. The van der Waals surface area contributed by atoms with Gasteiger partial charge in [0.1, 0.15) is 11.0 Å². The number of fused-ring (bicyclic) bond motifs is 2. The smallest absolute Gasteiger partial charge is 0.227 e. The number of rotatable bonds is 4. The molecule has 0 aliphatic rings. The van der Waals surface area contributed by atoms with Crippen molar-refractivity contribution in [3.8, 4) is 22.9 Å². The van der Waals surface area contributed by atoms with E-state index in [0.717, 1.165) is 53.4 Å². The average molecular weight is 572 g/mol. The van der Waals surface area contributed by atoms with Crippen molar-refractivity contribution in [1.29, 1.82) is 0 Å². The number of benzene rings is 4. The van der Waals surface area contributed by atoms with E-state index in [0.29, 0.717) is 11.8 Å². The molecule has 0 radical (unpaired) electrons. The highest BCUT2D eigenvalue weighted by Crippen LogP contribution is 2.28. The number of halogens is 2. The van der Waals surface area contributed by atoms with Crippen molar-refractivity contribution in [2.45, 2.75) is 0 Å². The summed E-state index contributed by atoms with van der Waals surface area (Å²) in [7, 11) is 0. The van der Waals surface area contributed by atoms with Crippen molar-refractivity contribution in [3.05, 3.63) is 105 Å². The Labute approximate surface area is 212 Å². The van der Waals surface area contributed by atoms with Gasteiger partial charge in [-0.1, -0.05) is 68.3 Å². The molecule has 34 heavy (non-hydrogen) atoms. The first-order chi connectivity index (χ1) is 16.6. The first-order valence-electron chi connectivity index (χ1n) is 10.6. The summed E-state index contributed by atoms with van der Waals surface area (Å²) in [5.41, 5.74) is 7.29. The van der Waals surface area contributed by atoms with E-state index in [1.165, 1.54) is 0 Å². The number of aromatic nitrogens is 2. The Morgan fingerprint density at radius 3 is 1.35 bits per heavy atom. The number of hydrogen-bond donors (Lipinski definition) is 0. The second-order valence-electron chi connectivity index (χ2n) is 7.84. The Hall–Kier alpha value is -3.48. The van der Waals surface area contributed by atoms with Gasteiger partial charge in [-0.2, -0.15) is 0 Å².